The number of aliphatic hydroxyl groups is 2. The van der Waals surface area contributed by atoms with Gasteiger partial charge in [0.25, 0.3) is 0 Å². The maximum Gasteiger partial charge on any atom is 0.342 e. The van der Waals surface area contributed by atoms with Crippen LogP contribution < -0.4 is 9.47 Å². The normalized spacial score (nSPS) is 21.4. The van der Waals surface area contributed by atoms with E-state index in [2.05, 4.69) is 0 Å². The van der Waals surface area contributed by atoms with Gasteiger partial charge in [-0.15, -0.1) is 0 Å². The highest BCUT2D eigenvalue weighted by Crippen LogP contribution is 2.59. The van der Waals surface area contributed by atoms with Crippen LogP contribution in [0.5, 0.6) is 149 Å². The monoisotopic (exact) mass is 1570 g/mol. The van der Waals surface area contributed by atoms with Crippen molar-refractivity contribution in [1.82, 2.24) is 0 Å². The molecule has 0 spiro atoms. The second-order valence-electron chi connectivity index (χ2n) is 24.4. The highest BCUT2D eigenvalue weighted by Gasteiger charge is 2.56. The third-order valence-corrected chi connectivity index (χ3v) is 17.7. The number of rotatable bonds is 4. The van der Waals surface area contributed by atoms with Gasteiger partial charge in [-0.1, -0.05) is 0 Å². The maximum absolute atomic E-state index is 15.5. The molecule has 8 bridgehead atoms. The van der Waals surface area contributed by atoms with Crippen molar-refractivity contribution in [3.63, 3.8) is 0 Å². The number of benzene rings is 8. The lowest BCUT2D eigenvalue weighted by atomic mass is 9.91. The summed E-state index contributed by atoms with van der Waals surface area (Å²) in [6, 6.07) is 2.94. The molecular formula is C68H48O44. The van der Waals surface area contributed by atoms with Crippen LogP contribution in [-0.2, 0) is 47.4 Å². The van der Waals surface area contributed by atoms with Gasteiger partial charge in [0, 0.05) is 46.5 Å². The van der Waals surface area contributed by atoms with Crippen LogP contribution in [0.2, 0.25) is 0 Å². The van der Waals surface area contributed by atoms with Gasteiger partial charge in [0.1, 0.15) is 36.5 Å². The summed E-state index contributed by atoms with van der Waals surface area (Å²) in [6.45, 7) is -2.92. The third-order valence-electron chi connectivity index (χ3n) is 17.7. The molecule has 584 valence electrons. The second-order valence-corrected chi connectivity index (χ2v) is 24.4. The Balaban J connectivity index is 1.08. The first-order valence-electron chi connectivity index (χ1n) is 31.2. The van der Waals surface area contributed by atoms with E-state index in [1.54, 1.807) is 0 Å². The summed E-state index contributed by atoms with van der Waals surface area (Å²) in [5.74, 6) is -56.8. The number of carbonyl (C=O) groups excluding carboxylic acids is 8. The van der Waals surface area contributed by atoms with E-state index >= 15 is 19.2 Å². The van der Waals surface area contributed by atoms with Crippen molar-refractivity contribution in [2.45, 2.75) is 61.4 Å². The van der Waals surface area contributed by atoms with Crippen LogP contribution >= 0.6 is 0 Å². The predicted molar refractivity (Wildman–Crippen MR) is 344 cm³/mol. The summed E-state index contributed by atoms with van der Waals surface area (Å²) in [5, 5.41) is 269. The molecule has 5 aliphatic rings. The number of phenols is 22. The standard InChI is InChI=1S/C68H48O44/c69-21-1-13(2-22(70)37(21)77)59(91)109-55-53-31-11-101-61(93)15-5-25(73)39(79)45(85)33(15)35-17(63(95)107-53)9-29(43(83)47(35)87)104-52-20(8-28(76)42(82)50(52)90)66(98)112-58-56(110-60(92)14-3-23(71)38(78)24(72)4-14)54-32(106-68(58)100)12-102-62(94)16-6-26(74)40(80)46(86)34(16)36-18(64(96)108-54)10-30(44(84)48(36)88)103-51-19(7-27(75)41(81)49(51)89)65(97)111-57(55)67(99)105-31/h1-10,31-32,53-58,67-90,99-100H,11-12H2/t31-,32-,53-,54-,55+,56+,57-,58-,67-,68-/m1/s1. The van der Waals surface area contributed by atoms with Gasteiger partial charge in [0.15, 0.2) is 153 Å². The van der Waals surface area contributed by atoms with Crippen LogP contribution in [0, 0.1) is 0 Å². The topological polar surface area (TPSA) is 733 Å². The fourth-order valence-electron chi connectivity index (χ4n) is 12.3. The predicted octanol–water partition coefficient (Wildman–Crippen LogP) is 2.17. The van der Waals surface area contributed by atoms with Crippen LogP contribution in [0.3, 0.4) is 0 Å². The van der Waals surface area contributed by atoms with Crippen molar-refractivity contribution in [3.8, 4) is 172 Å². The summed E-state index contributed by atoms with van der Waals surface area (Å²) in [7, 11) is 0. The molecule has 0 unspecified atom stereocenters. The van der Waals surface area contributed by atoms with Crippen LogP contribution in [0.1, 0.15) is 82.9 Å². The van der Waals surface area contributed by atoms with Gasteiger partial charge in [-0.25, -0.2) is 38.4 Å². The Labute approximate surface area is 615 Å². The first-order valence-corrected chi connectivity index (χ1v) is 31.2. The first kappa shape index (κ1) is 74.8. The van der Waals surface area contributed by atoms with Crippen molar-refractivity contribution in [2.75, 3.05) is 13.2 Å². The zero-order chi connectivity index (χ0) is 81.3. The van der Waals surface area contributed by atoms with E-state index in [9.17, 15) is 142 Å². The second kappa shape index (κ2) is 27.4. The lowest BCUT2D eigenvalue weighted by molar-refractivity contribution is -0.284. The molecule has 13 rings (SSSR count). The lowest BCUT2D eigenvalue weighted by Crippen LogP contribution is -2.62. The third kappa shape index (κ3) is 12.4. The number of phenolic OH excluding ortho intramolecular Hbond substituents is 22. The highest BCUT2D eigenvalue weighted by molar-refractivity contribution is 6.10. The number of aliphatic hydroxyl groups excluding tert-OH is 2. The molecule has 5 aliphatic heterocycles. The molecule has 112 heavy (non-hydrogen) atoms. The Morgan fingerprint density at radius 1 is 0.295 bits per heavy atom. The van der Waals surface area contributed by atoms with Crippen LogP contribution in [-0.4, -0.2) is 245 Å². The number of esters is 8. The summed E-state index contributed by atoms with van der Waals surface area (Å²) >= 11 is 0. The van der Waals surface area contributed by atoms with Gasteiger partial charge in [-0.3, -0.25) is 0 Å². The number of fused-ring (bicyclic) bond motifs is 12. The molecule has 0 amide bonds. The van der Waals surface area contributed by atoms with E-state index in [1.807, 2.05) is 0 Å². The maximum atomic E-state index is 15.5. The van der Waals surface area contributed by atoms with Crippen molar-refractivity contribution in [3.05, 3.63) is 105 Å². The van der Waals surface area contributed by atoms with Crippen molar-refractivity contribution < 1.29 is 218 Å². The molecule has 0 radical (unpaired) electrons. The van der Waals surface area contributed by atoms with E-state index in [0.29, 0.717) is 36.4 Å². The molecule has 44 nitrogen and oxygen atoms in total. The van der Waals surface area contributed by atoms with E-state index in [0.717, 1.165) is 0 Å². The Morgan fingerprint density at radius 2 is 0.554 bits per heavy atom. The smallest absolute Gasteiger partial charge is 0.342 e. The van der Waals surface area contributed by atoms with E-state index < -0.39 is 339 Å². The van der Waals surface area contributed by atoms with E-state index in [-0.39, 0.29) is 24.3 Å². The molecule has 2 fully saturated rings. The van der Waals surface area contributed by atoms with Crippen molar-refractivity contribution >= 4 is 47.8 Å². The molecule has 24 N–H and O–H groups in total. The average Bonchev–Trinajstić information content (AvgIpc) is 1.04. The molecule has 0 aromatic heterocycles. The van der Waals surface area contributed by atoms with Crippen LogP contribution in [0.15, 0.2) is 60.7 Å². The molecule has 44 heteroatoms. The fourth-order valence-corrected chi connectivity index (χ4v) is 12.3. The quantitative estimate of drug-likeness (QED) is 0.0682. The van der Waals surface area contributed by atoms with E-state index in [4.69, 9.17) is 56.8 Å². The van der Waals surface area contributed by atoms with Crippen molar-refractivity contribution in [2.24, 2.45) is 0 Å². The molecule has 0 aliphatic carbocycles. The molecule has 8 aromatic rings. The van der Waals surface area contributed by atoms with Gasteiger partial charge < -0.3 is 179 Å². The van der Waals surface area contributed by atoms with Gasteiger partial charge in [-0.2, -0.15) is 0 Å². The Bertz CT molecular complexity index is 5090. The fraction of sp³-hybridized carbons (Fsp3) is 0.176. The van der Waals surface area contributed by atoms with Gasteiger partial charge in [-0.05, 0) is 36.4 Å². The van der Waals surface area contributed by atoms with Gasteiger partial charge in [0.05, 0.1) is 33.4 Å². The van der Waals surface area contributed by atoms with Gasteiger partial charge in [0.2, 0.25) is 46.0 Å². The molecule has 0 saturated carbocycles. The Hall–Kier alpha value is -15.4. The molecule has 10 atom stereocenters. The molecule has 5 heterocycles. The van der Waals surface area contributed by atoms with E-state index in [1.165, 1.54) is 0 Å². The zero-order valence-electron chi connectivity index (χ0n) is 54.9. The van der Waals surface area contributed by atoms with Crippen LogP contribution in [0.4, 0.5) is 0 Å². The minimum atomic E-state index is -2.94. The number of cyclic esters (lactones) is 2. The van der Waals surface area contributed by atoms with Crippen LogP contribution in [0.25, 0.3) is 22.3 Å². The number of aromatic hydroxyl groups is 22. The Morgan fingerprint density at radius 3 is 0.875 bits per heavy atom. The minimum absolute atomic E-state index is 0.146. The minimum Gasteiger partial charge on any atom is -0.504 e. The number of hydrogen-bond donors (Lipinski definition) is 24. The summed E-state index contributed by atoms with van der Waals surface area (Å²) < 4.78 is 67.7. The lowest BCUT2D eigenvalue weighted by Gasteiger charge is -2.43. The summed E-state index contributed by atoms with van der Waals surface area (Å²) in [6.07, 6.45) is -27.8. The largest absolute Gasteiger partial charge is 0.504 e. The van der Waals surface area contributed by atoms with Crippen molar-refractivity contribution in [1.29, 1.82) is 0 Å². The highest BCUT2D eigenvalue weighted by atomic mass is 16.7. The Kier molecular flexibility index (Phi) is 18.3. The number of carbonyl (C=O) groups is 8. The SMILES string of the molecule is O=C(O[C@@H]1[C@H]2OC(=O)c3cc(O)c(O)c(O)c3Oc3cc4c(c(O)c3O)-c3c(cc(O)c(O)c3O)C(=O)OC[C@H]3O[C@@H](O)[C@H](OC(=O)c5cc(O)c(O)c(O)c5Oc5cc6c(c(O)c5O)-c5c(cc(O)c(O)c5O)C(=O)OC[C@@H](O[C@H]2O)[C@H]1OC6=O)[C@@H](OC(=O)c1cc(O)c(O)c(O)c1)[C@@H]3OC4=O)c1cc(O)c(O)c(O)c1. The number of ether oxygens (including phenoxy) is 12. The molecule has 8 aromatic carbocycles. The van der Waals surface area contributed by atoms with Gasteiger partial charge >= 0.3 is 47.8 Å². The molecule has 2 saturated heterocycles. The summed E-state index contributed by atoms with van der Waals surface area (Å²) in [5.41, 5.74) is -16.0. The molecular weight excluding hydrogens is 1520 g/mol. The zero-order valence-corrected chi connectivity index (χ0v) is 54.9. The number of hydrogen-bond acceptors (Lipinski definition) is 44. The first-order chi connectivity index (χ1) is 52.8. The average molecular weight is 1570 g/mol. The summed E-state index contributed by atoms with van der Waals surface area (Å²) in [4.78, 5) is 119.